The zero-order chi connectivity index (χ0) is 16.5. The molecular weight excluding hydrogens is 332 g/mol. The average molecular weight is 352 g/mol. The summed E-state index contributed by atoms with van der Waals surface area (Å²) in [4.78, 5) is 11.7. The van der Waals surface area contributed by atoms with Crippen LogP contribution < -0.4 is 11.1 Å². The summed E-state index contributed by atoms with van der Waals surface area (Å²) < 4.78 is 5.99. The van der Waals surface area contributed by atoms with Gasteiger partial charge in [0.1, 0.15) is 5.25 Å². The van der Waals surface area contributed by atoms with E-state index in [2.05, 4.69) is 15.5 Å². The molecule has 0 spiro atoms. The molecule has 8 heteroatoms. The monoisotopic (exact) mass is 352 g/mol. The van der Waals surface area contributed by atoms with Crippen molar-refractivity contribution in [3.05, 3.63) is 35.9 Å². The van der Waals surface area contributed by atoms with Crippen molar-refractivity contribution in [1.29, 1.82) is 0 Å². The highest BCUT2D eigenvalue weighted by molar-refractivity contribution is 8.01. The number of hydrogen-bond acceptors (Lipinski definition) is 7. The predicted molar refractivity (Wildman–Crippen MR) is 93.7 cm³/mol. The molecule has 2 rings (SSSR count). The lowest BCUT2D eigenvalue weighted by molar-refractivity contribution is -0.117. The number of hydrogen-bond donors (Lipinski definition) is 2. The molecule has 0 saturated heterocycles. The fourth-order valence-electron chi connectivity index (χ4n) is 1.86. The SMILES string of the molecule is CCOCCCNc1nnc(SC(C(N)=O)c2ccccc2)s1. The van der Waals surface area contributed by atoms with E-state index < -0.39 is 5.25 Å². The van der Waals surface area contributed by atoms with Crippen LogP contribution in [0.4, 0.5) is 5.13 Å². The molecule has 2 aromatic rings. The summed E-state index contributed by atoms with van der Waals surface area (Å²) in [5.74, 6) is -0.386. The van der Waals surface area contributed by atoms with Crippen LogP contribution in [-0.2, 0) is 9.53 Å². The highest BCUT2D eigenvalue weighted by Crippen LogP contribution is 2.37. The zero-order valence-electron chi connectivity index (χ0n) is 12.9. The molecule has 1 atom stereocenters. The molecule has 0 saturated carbocycles. The lowest BCUT2D eigenvalue weighted by Crippen LogP contribution is -2.18. The first-order valence-electron chi connectivity index (χ1n) is 7.36. The minimum absolute atomic E-state index is 0.386. The van der Waals surface area contributed by atoms with Gasteiger partial charge in [0.2, 0.25) is 11.0 Å². The Hall–Kier alpha value is -1.64. The van der Waals surface area contributed by atoms with E-state index >= 15 is 0 Å². The van der Waals surface area contributed by atoms with Crippen molar-refractivity contribution in [2.24, 2.45) is 5.73 Å². The number of benzene rings is 1. The molecule has 1 unspecified atom stereocenters. The smallest absolute Gasteiger partial charge is 0.235 e. The van der Waals surface area contributed by atoms with Gasteiger partial charge in [0, 0.05) is 19.8 Å². The first-order chi connectivity index (χ1) is 11.2. The Labute approximate surface area is 143 Å². The van der Waals surface area contributed by atoms with Crippen molar-refractivity contribution in [2.75, 3.05) is 25.1 Å². The minimum Gasteiger partial charge on any atom is -0.382 e. The maximum absolute atomic E-state index is 11.7. The summed E-state index contributed by atoms with van der Waals surface area (Å²) >= 11 is 2.74. The molecular formula is C15H20N4O2S2. The Kier molecular flexibility index (Phi) is 7.31. The summed E-state index contributed by atoms with van der Waals surface area (Å²) in [6.07, 6.45) is 0.907. The summed E-state index contributed by atoms with van der Waals surface area (Å²) in [7, 11) is 0. The van der Waals surface area contributed by atoms with Crippen molar-refractivity contribution in [3.8, 4) is 0 Å². The maximum atomic E-state index is 11.7. The second kappa shape index (κ2) is 9.49. The quantitative estimate of drug-likeness (QED) is 0.505. The normalized spacial score (nSPS) is 12.0. The Morgan fingerprint density at radius 3 is 2.87 bits per heavy atom. The lowest BCUT2D eigenvalue weighted by atomic mass is 10.1. The van der Waals surface area contributed by atoms with Gasteiger partial charge in [-0.25, -0.2) is 0 Å². The van der Waals surface area contributed by atoms with Crippen LogP contribution in [0.15, 0.2) is 34.7 Å². The Balaban J connectivity index is 1.90. The van der Waals surface area contributed by atoms with Crippen LogP contribution in [0.2, 0.25) is 0 Å². The molecule has 6 nitrogen and oxygen atoms in total. The largest absolute Gasteiger partial charge is 0.382 e. The minimum atomic E-state index is -0.463. The van der Waals surface area contributed by atoms with E-state index in [4.69, 9.17) is 10.5 Å². The van der Waals surface area contributed by atoms with Crippen LogP contribution in [0.3, 0.4) is 0 Å². The van der Waals surface area contributed by atoms with E-state index in [-0.39, 0.29) is 5.91 Å². The number of anilines is 1. The molecule has 1 aromatic carbocycles. The molecule has 3 N–H and O–H groups in total. The molecule has 0 radical (unpaired) electrons. The van der Waals surface area contributed by atoms with Gasteiger partial charge in [-0.2, -0.15) is 0 Å². The van der Waals surface area contributed by atoms with Gasteiger partial charge in [-0.05, 0) is 18.9 Å². The average Bonchev–Trinajstić information content (AvgIpc) is 3.00. The Morgan fingerprint density at radius 2 is 2.17 bits per heavy atom. The molecule has 0 aliphatic heterocycles. The van der Waals surface area contributed by atoms with Gasteiger partial charge in [0.05, 0.1) is 0 Å². The molecule has 0 bridgehead atoms. The number of carbonyl (C=O) groups excluding carboxylic acids is 1. The number of rotatable bonds is 10. The molecule has 0 aliphatic rings. The van der Waals surface area contributed by atoms with E-state index in [9.17, 15) is 4.79 Å². The van der Waals surface area contributed by atoms with Crippen LogP contribution in [-0.4, -0.2) is 35.9 Å². The van der Waals surface area contributed by atoms with Gasteiger partial charge in [-0.3, -0.25) is 4.79 Å². The van der Waals surface area contributed by atoms with Crippen molar-refractivity contribution >= 4 is 34.1 Å². The number of aromatic nitrogens is 2. The van der Waals surface area contributed by atoms with Crippen LogP contribution in [0, 0.1) is 0 Å². The highest BCUT2D eigenvalue weighted by Gasteiger charge is 2.21. The fraction of sp³-hybridized carbons (Fsp3) is 0.400. The van der Waals surface area contributed by atoms with Gasteiger partial charge < -0.3 is 15.8 Å². The van der Waals surface area contributed by atoms with Gasteiger partial charge in [-0.15, -0.1) is 10.2 Å². The zero-order valence-corrected chi connectivity index (χ0v) is 14.5. The lowest BCUT2D eigenvalue weighted by Gasteiger charge is -2.10. The number of nitrogens with two attached hydrogens (primary N) is 1. The van der Waals surface area contributed by atoms with Gasteiger partial charge in [0.15, 0.2) is 4.34 Å². The number of nitrogens with zero attached hydrogens (tertiary/aromatic N) is 2. The summed E-state index contributed by atoms with van der Waals surface area (Å²) in [6.45, 7) is 4.20. The summed E-state index contributed by atoms with van der Waals surface area (Å²) in [6, 6.07) is 9.45. The van der Waals surface area contributed by atoms with E-state index in [0.29, 0.717) is 4.34 Å². The van der Waals surface area contributed by atoms with Crippen LogP contribution in [0.1, 0.15) is 24.2 Å². The Bertz CT molecular complexity index is 607. The second-order valence-corrected chi connectivity index (χ2v) is 6.99. The topological polar surface area (TPSA) is 90.1 Å². The second-order valence-electron chi connectivity index (χ2n) is 4.66. The van der Waals surface area contributed by atoms with E-state index in [1.807, 2.05) is 37.3 Å². The molecule has 1 aromatic heterocycles. The molecule has 124 valence electrons. The third kappa shape index (κ3) is 5.81. The van der Waals surface area contributed by atoms with E-state index in [1.165, 1.54) is 23.1 Å². The van der Waals surface area contributed by atoms with Crippen molar-refractivity contribution in [3.63, 3.8) is 0 Å². The molecule has 0 fully saturated rings. The molecule has 0 aliphatic carbocycles. The number of nitrogens with one attached hydrogen (secondary N) is 1. The van der Waals surface area contributed by atoms with Crippen LogP contribution >= 0.6 is 23.1 Å². The number of primary amides is 1. The molecule has 1 heterocycles. The first-order valence-corrected chi connectivity index (χ1v) is 9.06. The number of ether oxygens (including phenoxy) is 1. The highest BCUT2D eigenvalue weighted by atomic mass is 32.2. The molecule has 1 amide bonds. The van der Waals surface area contributed by atoms with Crippen LogP contribution in [0.5, 0.6) is 0 Å². The Morgan fingerprint density at radius 1 is 1.39 bits per heavy atom. The number of carbonyl (C=O) groups is 1. The summed E-state index contributed by atoms with van der Waals surface area (Å²) in [5, 5.41) is 11.7. The number of thioether (sulfide) groups is 1. The van der Waals surface area contributed by atoms with Crippen LogP contribution in [0.25, 0.3) is 0 Å². The first kappa shape index (κ1) is 17.7. The van der Waals surface area contributed by atoms with Crippen molar-refractivity contribution in [1.82, 2.24) is 10.2 Å². The van der Waals surface area contributed by atoms with Gasteiger partial charge >= 0.3 is 0 Å². The maximum Gasteiger partial charge on any atom is 0.235 e. The van der Waals surface area contributed by atoms with Gasteiger partial charge in [-0.1, -0.05) is 53.4 Å². The third-order valence-corrected chi connectivity index (χ3v) is 5.17. The van der Waals surface area contributed by atoms with Crippen molar-refractivity contribution in [2.45, 2.75) is 22.9 Å². The molecule has 23 heavy (non-hydrogen) atoms. The standard InChI is InChI=1S/C15H20N4O2S2/c1-2-21-10-6-9-17-14-18-19-15(23-14)22-12(13(16)20)11-7-4-3-5-8-11/h3-5,7-8,12H,2,6,9-10H2,1H3,(H2,16,20)(H,17,18). The third-order valence-electron chi connectivity index (χ3n) is 2.93. The van der Waals surface area contributed by atoms with E-state index in [1.54, 1.807) is 0 Å². The van der Waals surface area contributed by atoms with Gasteiger partial charge in [0.25, 0.3) is 0 Å². The number of amides is 1. The fourth-order valence-corrected chi connectivity index (χ4v) is 3.78. The van der Waals surface area contributed by atoms with E-state index in [0.717, 1.165) is 36.9 Å². The predicted octanol–water partition coefficient (Wildman–Crippen LogP) is 2.70. The van der Waals surface area contributed by atoms with Crippen molar-refractivity contribution < 1.29 is 9.53 Å². The summed E-state index contributed by atoms with van der Waals surface area (Å²) in [5.41, 5.74) is 6.38.